The number of benzene rings is 2. The van der Waals surface area contributed by atoms with Crippen LogP contribution in [0, 0.1) is 5.92 Å². The van der Waals surface area contributed by atoms with Gasteiger partial charge < -0.3 is 15.4 Å². The minimum absolute atomic E-state index is 0.0456. The first-order valence-corrected chi connectivity index (χ1v) is 8.78. The van der Waals surface area contributed by atoms with Gasteiger partial charge in [0, 0.05) is 16.1 Å². The average Bonchev–Trinajstić information content (AvgIpc) is 2.56. The van der Waals surface area contributed by atoms with Gasteiger partial charge in [0.25, 0.3) is 0 Å². The van der Waals surface area contributed by atoms with Crippen molar-refractivity contribution in [3.05, 3.63) is 58.1 Å². The number of carbonyl (C=O) groups is 1. The van der Waals surface area contributed by atoms with E-state index in [1.54, 1.807) is 25.3 Å². The summed E-state index contributed by atoms with van der Waals surface area (Å²) in [5.41, 5.74) is 1.64. The molecule has 2 N–H and O–H groups in total. The van der Waals surface area contributed by atoms with Gasteiger partial charge >= 0.3 is 0 Å². The Morgan fingerprint density at radius 3 is 2.32 bits per heavy atom. The van der Waals surface area contributed by atoms with Crippen LogP contribution in [0.3, 0.4) is 0 Å². The molecule has 0 aliphatic heterocycles. The smallest absolute Gasteiger partial charge is 0.238 e. The van der Waals surface area contributed by atoms with E-state index in [1.165, 1.54) is 0 Å². The summed E-state index contributed by atoms with van der Waals surface area (Å²) in [4.78, 5) is 12.3. The fourth-order valence-electron chi connectivity index (χ4n) is 2.58. The van der Waals surface area contributed by atoms with Crippen molar-refractivity contribution in [1.82, 2.24) is 5.32 Å². The molecule has 134 valence electrons. The number of halogens is 2. The van der Waals surface area contributed by atoms with Gasteiger partial charge in [-0.1, -0.05) is 49.2 Å². The fourth-order valence-corrected chi connectivity index (χ4v) is 2.88. The van der Waals surface area contributed by atoms with Gasteiger partial charge in [0.15, 0.2) is 0 Å². The first-order chi connectivity index (χ1) is 11.9. The topological polar surface area (TPSA) is 50.4 Å². The molecule has 0 radical (unpaired) electrons. The van der Waals surface area contributed by atoms with Crippen LogP contribution < -0.4 is 15.4 Å². The minimum atomic E-state index is -0.166. The fraction of sp³-hybridized carbons (Fsp3) is 0.316. The van der Waals surface area contributed by atoms with Crippen molar-refractivity contribution < 1.29 is 9.53 Å². The number of ether oxygens (including phenoxy) is 1. The van der Waals surface area contributed by atoms with E-state index in [0.717, 1.165) is 5.56 Å². The molecular formula is C19H22Cl2N2O2. The second kappa shape index (κ2) is 9.09. The Kier molecular flexibility index (Phi) is 7.12. The molecule has 2 aromatic carbocycles. The van der Waals surface area contributed by atoms with Crippen molar-refractivity contribution in [2.24, 2.45) is 5.92 Å². The van der Waals surface area contributed by atoms with Crippen LogP contribution in [0.4, 0.5) is 5.69 Å². The molecule has 1 atom stereocenters. The minimum Gasteiger partial charge on any atom is -0.495 e. The van der Waals surface area contributed by atoms with Crippen molar-refractivity contribution in [2.45, 2.75) is 19.9 Å². The first-order valence-electron chi connectivity index (χ1n) is 8.03. The van der Waals surface area contributed by atoms with Crippen LogP contribution in [0.15, 0.2) is 42.5 Å². The second-order valence-electron chi connectivity index (χ2n) is 6.05. The molecule has 0 bridgehead atoms. The maximum Gasteiger partial charge on any atom is 0.238 e. The highest BCUT2D eigenvalue weighted by molar-refractivity contribution is 6.31. The van der Waals surface area contributed by atoms with E-state index in [-0.39, 0.29) is 18.5 Å². The lowest BCUT2D eigenvalue weighted by Crippen LogP contribution is -2.33. The number of anilines is 1. The van der Waals surface area contributed by atoms with E-state index >= 15 is 0 Å². The lowest BCUT2D eigenvalue weighted by atomic mass is 9.96. The lowest BCUT2D eigenvalue weighted by Gasteiger charge is -2.23. The second-order valence-corrected chi connectivity index (χ2v) is 6.92. The molecule has 2 aromatic rings. The Bertz CT molecular complexity index is 718. The van der Waals surface area contributed by atoms with E-state index in [9.17, 15) is 4.79 Å². The number of hydrogen-bond donors (Lipinski definition) is 2. The van der Waals surface area contributed by atoms with E-state index in [1.807, 2.05) is 24.3 Å². The van der Waals surface area contributed by atoms with E-state index in [2.05, 4.69) is 24.5 Å². The van der Waals surface area contributed by atoms with Crippen molar-refractivity contribution in [3.8, 4) is 5.75 Å². The molecule has 0 saturated heterocycles. The van der Waals surface area contributed by atoms with Crippen molar-refractivity contribution in [2.75, 3.05) is 19.0 Å². The van der Waals surface area contributed by atoms with Crippen LogP contribution in [0.1, 0.15) is 25.5 Å². The highest BCUT2D eigenvalue weighted by Crippen LogP contribution is 2.28. The average molecular weight is 381 g/mol. The SMILES string of the molecule is COc1ccc(Cl)cc1NC(=O)CNC(c1ccc(Cl)cc1)C(C)C. The van der Waals surface area contributed by atoms with Gasteiger partial charge in [-0.2, -0.15) is 0 Å². The van der Waals surface area contributed by atoms with Gasteiger partial charge in [0.05, 0.1) is 19.3 Å². The number of rotatable bonds is 7. The van der Waals surface area contributed by atoms with Crippen LogP contribution in [0.25, 0.3) is 0 Å². The molecule has 0 aromatic heterocycles. The summed E-state index contributed by atoms with van der Waals surface area (Å²) in [6.07, 6.45) is 0. The lowest BCUT2D eigenvalue weighted by molar-refractivity contribution is -0.115. The van der Waals surface area contributed by atoms with Crippen LogP contribution in [0.2, 0.25) is 10.0 Å². The monoisotopic (exact) mass is 380 g/mol. The van der Waals surface area contributed by atoms with Gasteiger partial charge in [0.2, 0.25) is 5.91 Å². The Morgan fingerprint density at radius 2 is 1.72 bits per heavy atom. The van der Waals surface area contributed by atoms with E-state index in [4.69, 9.17) is 27.9 Å². The molecule has 1 amide bonds. The molecule has 6 heteroatoms. The molecule has 1 unspecified atom stereocenters. The summed E-state index contributed by atoms with van der Waals surface area (Å²) in [6.45, 7) is 4.37. The predicted molar refractivity (Wildman–Crippen MR) is 104 cm³/mol. The van der Waals surface area contributed by atoms with Crippen LogP contribution in [0.5, 0.6) is 5.75 Å². The van der Waals surface area contributed by atoms with Crippen LogP contribution in [-0.2, 0) is 4.79 Å². The first kappa shape index (κ1) is 19.6. The van der Waals surface area contributed by atoms with Gasteiger partial charge in [-0.25, -0.2) is 0 Å². The quantitative estimate of drug-likeness (QED) is 0.715. The summed E-state index contributed by atoms with van der Waals surface area (Å²) in [5.74, 6) is 0.714. The zero-order valence-corrected chi connectivity index (χ0v) is 16.0. The summed E-state index contributed by atoms with van der Waals surface area (Å²) in [5, 5.41) is 7.35. The van der Waals surface area contributed by atoms with Gasteiger partial charge in [-0.15, -0.1) is 0 Å². The zero-order valence-electron chi connectivity index (χ0n) is 14.5. The van der Waals surface area contributed by atoms with Gasteiger partial charge in [-0.3, -0.25) is 4.79 Å². The molecule has 0 aliphatic carbocycles. The summed E-state index contributed by atoms with van der Waals surface area (Å²) in [7, 11) is 1.55. The van der Waals surface area contributed by atoms with Crippen LogP contribution in [-0.4, -0.2) is 19.6 Å². The Morgan fingerprint density at radius 1 is 1.08 bits per heavy atom. The highest BCUT2D eigenvalue weighted by atomic mass is 35.5. The number of nitrogens with one attached hydrogen (secondary N) is 2. The summed E-state index contributed by atoms with van der Waals surface area (Å²) < 4.78 is 5.24. The number of hydrogen-bond acceptors (Lipinski definition) is 3. The normalized spacial score (nSPS) is 12.1. The van der Waals surface area contributed by atoms with E-state index < -0.39 is 0 Å². The Labute approximate surface area is 158 Å². The zero-order chi connectivity index (χ0) is 18.4. The van der Waals surface area contributed by atoms with Gasteiger partial charge in [0.1, 0.15) is 5.75 Å². The third-order valence-electron chi connectivity index (χ3n) is 3.81. The largest absolute Gasteiger partial charge is 0.495 e. The maximum absolute atomic E-state index is 12.3. The van der Waals surface area contributed by atoms with E-state index in [0.29, 0.717) is 27.4 Å². The third kappa shape index (κ3) is 5.63. The number of methoxy groups -OCH3 is 1. The summed E-state index contributed by atoms with van der Waals surface area (Å²) in [6, 6.07) is 12.8. The Hall–Kier alpha value is -1.75. The molecule has 0 spiro atoms. The van der Waals surface area contributed by atoms with Crippen LogP contribution >= 0.6 is 23.2 Å². The highest BCUT2D eigenvalue weighted by Gasteiger charge is 2.17. The molecule has 2 rings (SSSR count). The molecule has 0 heterocycles. The van der Waals surface area contributed by atoms with Crippen molar-refractivity contribution in [1.29, 1.82) is 0 Å². The molecule has 0 fully saturated rings. The molecule has 0 saturated carbocycles. The maximum atomic E-state index is 12.3. The summed E-state index contributed by atoms with van der Waals surface area (Å²) >= 11 is 11.9. The molecule has 0 aliphatic rings. The predicted octanol–water partition coefficient (Wildman–Crippen LogP) is 4.93. The molecule has 25 heavy (non-hydrogen) atoms. The Balaban J connectivity index is 2.02. The number of carbonyl (C=O) groups excluding carboxylic acids is 1. The van der Waals surface area contributed by atoms with Crippen molar-refractivity contribution >= 4 is 34.8 Å². The third-order valence-corrected chi connectivity index (χ3v) is 4.30. The van der Waals surface area contributed by atoms with Crippen molar-refractivity contribution in [3.63, 3.8) is 0 Å². The number of amides is 1. The van der Waals surface area contributed by atoms with Gasteiger partial charge in [-0.05, 0) is 41.8 Å². The molecular weight excluding hydrogens is 359 g/mol. The molecule has 4 nitrogen and oxygen atoms in total. The standard InChI is InChI=1S/C19H22Cl2N2O2/c1-12(2)19(13-4-6-14(20)7-5-13)22-11-18(24)23-16-10-15(21)8-9-17(16)25-3/h4-10,12,19,22H,11H2,1-3H3,(H,23,24).